The lowest BCUT2D eigenvalue weighted by molar-refractivity contribution is 0.0461. The van der Waals surface area contributed by atoms with Crippen LogP contribution in [0, 0.1) is 12.7 Å². The van der Waals surface area contributed by atoms with E-state index in [2.05, 4.69) is 22.9 Å². The maximum Gasteiger partial charge on any atom is 0.124 e. The monoisotopic (exact) mass is 316 g/mol. The van der Waals surface area contributed by atoms with Crippen molar-refractivity contribution in [3.63, 3.8) is 0 Å². The van der Waals surface area contributed by atoms with Crippen LogP contribution in [0.5, 0.6) is 0 Å². The van der Waals surface area contributed by atoms with E-state index in [-0.39, 0.29) is 5.82 Å². The van der Waals surface area contributed by atoms with Crippen LogP contribution >= 0.6 is 0 Å². The fourth-order valence-corrected chi connectivity index (χ4v) is 3.33. The van der Waals surface area contributed by atoms with Crippen molar-refractivity contribution in [3.8, 4) is 0 Å². The third-order valence-electron chi connectivity index (χ3n) is 4.45. The minimum atomic E-state index is -0.205. The molecule has 2 heterocycles. The van der Waals surface area contributed by atoms with Crippen molar-refractivity contribution in [2.24, 2.45) is 0 Å². The van der Waals surface area contributed by atoms with Gasteiger partial charge in [0.25, 0.3) is 0 Å². The maximum absolute atomic E-state index is 13.7. The van der Waals surface area contributed by atoms with Crippen LogP contribution in [0.2, 0.25) is 0 Å². The van der Waals surface area contributed by atoms with E-state index >= 15 is 0 Å². The number of rotatable bonds is 4. The van der Waals surface area contributed by atoms with Gasteiger partial charge in [0.15, 0.2) is 0 Å². The predicted octanol–water partition coefficient (Wildman–Crippen LogP) is 4.47. The van der Waals surface area contributed by atoms with Gasteiger partial charge in [-0.05, 0) is 56.9 Å². The predicted molar refractivity (Wildman–Crippen MR) is 92.5 cm³/mol. The summed E-state index contributed by atoms with van der Waals surface area (Å²) < 4.78 is 19.6. The van der Waals surface area contributed by atoms with Gasteiger partial charge in [0, 0.05) is 36.5 Å². The molecular weight excluding hydrogens is 291 g/mol. The lowest BCUT2D eigenvalue weighted by atomic mass is 10.1. The van der Waals surface area contributed by atoms with E-state index in [1.807, 2.05) is 6.92 Å². The van der Waals surface area contributed by atoms with Gasteiger partial charge >= 0.3 is 0 Å². The van der Waals surface area contributed by atoms with E-state index in [9.17, 15) is 4.39 Å². The van der Waals surface area contributed by atoms with Gasteiger partial charge in [0.05, 0.1) is 11.6 Å². The normalized spacial score (nSPS) is 19.1. The number of halogens is 1. The Morgan fingerprint density at radius 1 is 1.26 bits per heavy atom. The van der Waals surface area contributed by atoms with Crippen molar-refractivity contribution in [1.82, 2.24) is 4.98 Å². The molecule has 2 aromatic rings. The fourth-order valence-electron chi connectivity index (χ4n) is 3.33. The summed E-state index contributed by atoms with van der Waals surface area (Å²) in [5.74, 6) is -0.205. The summed E-state index contributed by atoms with van der Waals surface area (Å²) in [5, 5.41) is 0.906. The molecule has 23 heavy (non-hydrogen) atoms. The van der Waals surface area contributed by atoms with E-state index in [1.54, 1.807) is 12.1 Å². The second-order valence-electron chi connectivity index (χ2n) is 6.35. The molecule has 1 unspecified atom stereocenters. The van der Waals surface area contributed by atoms with Crippen LogP contribution in [-0.4, -0.2) is 30.8 Å². The number of aryl methyl sites for hydroxylation is 1. The summed E-state index contributed by atoms with van der Waals surface area (Å²) in [6.07, 6.45) is 4.65. The van der Waals surface area contributed by atoms with Gasteiger partial charge in [-0.1, -0.05) is 6.92 Å². The largest absolute Gasteiger partial charge is 0.378 e. The Labute approximate surface area is 137 Å². The molecule has 1 atom stereocenters. The minimum absolute atomic E-state index is 0.205. The molecule has 1 aliphatic rings. The van der Waals surface area contributed by atoms with Gasteiger partial charge in [0.2, 0.25) is 0 Å². The first-order valence-corrected chi connectivity index (χ1v) is 8.61. The smallest absolute Gasteiger partial charge is 0.124 e. The average Bonchev–Trinajstić information content (AvgIpc) is 2.78. The molecule has 1 saturated heterocycles. The lowest BCUT2D eigenvalue weighted by Crippen LogP contribution is -2.25. The number of fused-ring (bicyclic) bond motifs is 1. The summed E-state index contributed by atoms with van der Waals surface area (Å²) in [5.41, 5.74) is 2.94. The van der Waals surface area contributed by atoms with E-state index in [0.717, 1.165) is 67.7 Å². The van der Waals surface area contributed by atoms with Crippen molar-refractivity contribution in [3.05, 3.63) is 35.8 Å². The number of pyridine rings is 1. The number of nitrogens with zero attached hydrogens (tertiary/aromatic N) is 2. The van der Waals surface area contributed by atoms with Gasteiger partial charge in [-0.15, -0.1) is 0 Å². The number of hydrogen-bond donors (Lipinski definition) is 0. The van der Waals surface area contributed by atoms with Crippen LogP contribution in [0.1, 0.15) is 38.3 Å². The zero-order valence-electron chi connectivity index (χ0n) is 14.0. The SMILES string of the molecule is CCCOC1CCCN(c2cc(C)nc3ccc(F)cc23)CC1. The first-order valence-electron chi connectivity index (χ1n) is 8.61. The van der Waals surface area contributed by atoms with Crippen molar-refractivity contribution < 1.29 is 9.13 Å². The quantitative estimate of drug-likeness (QED) is 0.832. The second kappa shape index (κ2) is 7.26. The zero-order chi connectivity index (χ0) is 16.2. The van der Waals surface area contributed by atoms with Gasteiger partial charge < -0.3 is 9.64 Å². The molecular formula is C19H25FN2O. The molecule has 0 N–H and O–H groups in total. The number of benzene rings is 1. The Morgan fingerprint density at radius 2 is 2.13 bits per heavy atom. The van der Waals surface area contributed by atoms with Gasteiger partial charge in [-0.3, -0.25) is 4.98 Å². The Bertz CT molecular complexity index is 674. The number of hydrogen-bond acceptors (Lipinski definition) is 3. The Morgan fingerprint density at radius 3 is 2.96 bits per heavy atom. The summed E-state index contributed by atoms with van der Waals surface area (Å²) in [7, 11) is 0. The Balaban J connectivity index is 1.86. The number of aromatic nitrogens is 1. The van der Waals surface area contributed by atoms with Crippen molar-refractivity contribution in [2.45, 2.75) is 45.6 Å². The van der Waals surface area contributed by atoms with Crippen LogP contribution in [-0.2, 0) is 4.74 Å². The molecule has 1 aromatic heterocycles. The third kappa shape index (κ3) is 3.81. The molecule has 1 aliphatic heterocycles. The first-order chi connectivity index (χ1) is 11.2. The van der Waals surface area contributed by atoms with E-state index in [4.69, 9.17) is 4.74 Å². The number of ether oxygens (including phenoxy) is 1. The van der Waals surface area contributed by atoms with Crippen LogP contribution < -0.4 is 4.90 Å². The van der Waals surface area contributed by atoms with Crippen LogP contribution in [0.25, 0.3) is 10.9 Å². The molecule has 0 bridgehead atoms. The molecule has 1 fully saturated rings. The average molecular weight is 316 g/mol. The molecule has 1 aromatic carbocycles. The molecule has 3 rings (SSSR count). The summed E-state index contributed by atoms with van der Waals surface area (Å²) >= 11 is 0. The maximum atomic E-state index is 13.7. The summed E-state index contributed by atoms with van der Waals surface area (Å²) in [6, 6.07) is 6.93. The second-order valence-corrected chi connectivity index (χ2v) is 6.35. The highest BCUT2D eigenvalue weighted by molar-refractivity contribution is 5.92. The van der Waals surface area contributed by atoms with Crippen LogP contribution in [0.15, 0.2) is 24.3 Å². The fraction of sp³-hybridized carbons (Fsp3) is 0.526. The molecule has 124 valence electrons. The van der Waals surface area contributed by atoms with Gasteiger partial charge in [-0.25, -0.2) is 4.39 Å². The number of anilines is 1. The lowest BCUT2D eigenvalue weighted by Gasteiger charge is -2.25. The van der Waals surface area contributed by atoms with Crippen LogP contribution in [0.3, 0.4) is 0 Å². The molecule has 0 spiro atoms. The molecule has 4 heteroatoms. The molecule has 0 amide bonds. The third-order valence-corrected chi connectivity index (χ3v) is 4.45. The highest BCUT2D eigenvalue weighted by atomic mass is 19.1. The van der Waals surface area contributed by atoms with E-state index in [0.29, 0.717) is 6.10 Å². The molecule has 3 nitrogen and oxygen atoms in total. The molecule has 0 saturated carbocycles. The van der Waals surface area contributed by atoms with Gasteiger partial charge in [0.1, 0.15) is 5.82 Å². The van der Waals surface area contributed by atoms with Gasteiger partial charge in [-0.2, -0.15) is 0 Å². The van der Waals surface area contributed by atoms with Crippen molar-refractivity contribution in [2.75, 3.05) is 24.6 Å². The van der Waals surface area contributed by atoms with E-state index < -0.39 is 0 Å². The zero-order valence-corrected chi connectivity index (χ0v) is 14.0. The standard InChI is InChI=1S/C19H25FN2O/c1-3-11-23-16-5-4-9-22(10-8-16)19-12-14(2)21-18-7-6-15(20)13-17(18)19/h6-7,12-13,16H,3-5,8-11H2,1-2H3. The Kier molecular flexibility index (Phi) is 5.11. The topological polar surface area (TPSA) is 25.4 Å². The molecule has 0 radical (unpaired) electrons. The molecule has 0 aliphatic carbocycles. The summed E-state index contributed by atoms with van der Waals surface area (Å²) in [4.78, 5) is 6.90. The van der Waals surface area contributed by atoms with E-state index in [1.165, 1.54) is 6.07 Å². The minimum Gasteiger partial charge on any atom is -0.378 e. The first kappa shape index (κ1) is 16.2. The highest BCUT2D eigenvalue weighted by Gasteiger charge is 2.19. The van der Waals surface area contributed by atoms with Crippen molar-refractivity contribution in [1.29, 1.82) is 0 Å². The van der Waals surface area contributed by atoms with Crippen molar-refractivity contribution >= 4 is 16.6 Å². The summed E-state index contributed by atoms with van der Waals surface area (Å²) in [6.45, 7) is 6.92. The Hall–Kier alpha value is -1.68. The highest BCUT2D eigenvalue weighted by Crippen LogP contribution is 2.29. The van der Waals surface area contributed by atoms with Crippen LogP contribution in [0.4, 0.5) is 10.1 Å².